The van der Waals surface area contributed by atoms with Crippen LogP contribution < -0.4 is 15.0 Å². The molecule has 1 aliphatic rings. The molecule has 0 fully saturated rings. The molecule has 0 aliphatic carbocycles. The number of carbonyl (C=O) groups excluding carboxylic acids is 1. The van der Waals surface area contributed by atoms with Gasteiger partial charge in [0.2, 0.25) is 0 Å². The van der Waals surface area contributed by atoms with Crippen molar-refractivity contribution in [1.82, 2.24) is 0 Å². The Hall–Kier alpha value is -3.22. The van der Waals surface area contributed by atoms with Gasteiger partial charge in [-0.3, -0.25) is 9.89 Å². The number of amides is 2. The van der Waals surface area contributed by atoms with Crippen LogP contribution in [0.4, 0.5) is 25.0 Å². The van der Waals surface area contributed by atoms with Gasteiger partial charge in [0.1, 0.15) is 29.7 Å². The first kappa shape index (κ1) is 25.0. The number of rotatable bonds is 7. The number of halogens is 2. The molecule has 1 N–H and O–H groups in total. The van der Waals surface area contributed by atoms with Gasteiger partial charge in [0.05, 0.1) is 17.9 Å². The van der Waals surface area contributed by atoms with Gasteiger partial charge in [-0.1, -0.05) is 39.8 Å². The molecule has 0 atom stereocenters. The summed E-state index contributed by atoms with van der Waals surface area (Å²) in [6, 6.07) is 9.63. The van der Waals surface area contributed by atoms with E-state index in [4.69, 9.17) is 4.74 Å². The molecule has 0 saturated carbocycles. The number of nitrogens with one attached hydrogen (secondary N) is 1. The summed E-state index contributed by atoms with van der Waals surface area (Å²) in [5.41, 5.74) is 2.66. The molecule has 0 saturated heterocycles. The first-order valence-electron chi connectivity index (χ1n) is 10.9. The maximum atomic E-state index is 14.3. The molecule has 0 spiro atoms. The monoisotopic (exact) mass is 443 g/mol. The smallest absolute Gasteiger partial charge is 0.326 e. The Bertz CT molecular complexity index is 999. The second kappa shape index (κ2) is 12.0. The molecule has 1 aliphatic heterocycles. The van der Waals surface area contributed by atoms with E-state index in [1.54, 1.807) is 30.5 Å². The number of nitrogens with zero attached hydrogens (tertiary/aromatic N) is 2. The molecule has 2 amide bonds. The number of aryl methyl sites for hydroxylation is 1. The number of ether oxygens (including phenoxy) is 1. The Labute approximate surface area is 188 Å². The highest BCUT2D eigenvalue weighted by Crippen LogP contribution is 2.33. The van der Waals surface area contributed by atoms with Gasteiger partial charge in [0.15, 0.2) is 0 Å². The molecule has 172 valence electrons. The van der Waals surface area contributed by atoms with Crippen molar-refractivity contribution in [2.24, 2.45) is 4.99 Å². The molecular formula is C25H31F2N3O2. The predicted octanol–water partition coefficient (Wildman–Crippen LogP) is 7.03. The third-order valence-electron chi connectivity index (χ3n) is 4.85. The Kier molecular flexibility index (Phi) is 9.38. The lowest BCUT2D eigenvalue weighted by molar-refractivity contribution is 0.255. The summed E-state index contributed by atoms with van der Waals surface area (Å²) in [5.74, 6) is -0.308. The van der Waals surface area contributed by atoms with Crippen LogP contribution in [0.5, 0.6) is 5.75 Å². The molecule has 2 aromatic rings. The molecule has 0 aromatic heterocycles. The highest BCUT2D eigenvalue weighted by molar-refractivity contribution is 6.04. The number of urea groups is 1. The van der Waals surface area contributed by atoms with Crippen molar-refractivity contribution in [3.63, 3.8) is 0 Å². The SMILES string of the molecule is CC.CCC=N/C(COc1ccc(CC)c(N2Cc3c(F)cccc3NC2=O)c1)=C(\C)F. The lowest BCUT2D eigenvalue weighted by Crippen LogP contribution is -2.39. The zero-order valence-corrected chi connectivity index (χ0v) is 19.3. The topological polar surface area (TPSA) is 53.9 Å². The second-order valence-electron chi connectivity index (χ2n) is 6.92. The van der Waals surface area contributed by atoms with Crippen LogP contribution in [0.15, 0.2) is 52.9 Å². The molecule has 0 unspecified atom stereocenters. The van der Waals surface area contributed by atoms with Crippen LogP contribution >= 0.6 is 0 Å². The fourth-order valence-corrected chi connectivity index (χ4v) is 3.21. The molecule has 2 aromatic carbocycles. The van der Waals surface area contributed by atoms with Crippen LogP contribution in [0, 0.1) is 5.82 Å². The van der Waals surface area contributed by atoms with Gasteiger partial charge in [-0.05, 0) is 43.5 Å². The van der Waals surface area contributed by atoms with Crippen molar-refractivity contribution in [3.05, 3.63) is 64.9 Å². The van der Waals surface area contributed by atoms with E-state index in [1.165, 1.54) is 17.9 Å². The minimum atomic E-state index is -0.410. The number of aliphatic imine (C=N–C) groups is 1. The number of hydrogen-bond acceptors (Lipinski definition) is 3. The highest BCUT2D eigenvalue weighted by atomic mass is 19.1. The first-order valence-corrected chi connectivity index (χ1v) is 10.9. The van der Waals surface area contributed by atoms with Crippen LogP contribution in [0.3, 0.4) is 0 Å². The van der Waals surface area contributed by atoms with Crippen molar-refractivity contribution in [1.29, 1.82) is 0 Å². The molecule has 7 heteroatoms. The largest absolute Gasteiger partial charge is 0.487 e. The van der Waals surface area contributed by atoms with Gasteiger partial charge in [0.25, 0.3) is 0 Å². The van der Waals surface area contributed by atoms with E-state index in [-0.39, 0.29) is 30.7 Å². The summed E-state index contributed by atoms with van der Waals surface area (Å²) in [6.45, 7) is 9.30. The summed E-state index contributed by atoms with van der Waals surface area (Å²) in [5, 5.41) is 2.74. The van der Waals surface area contributed by atoms with Gasteiger partial charge < -0.3 is 10.1 Å². The standard InChI is InChI=1S/C23H25F2N3O2.C2H6/c1-4-11-26-21(15(3)24)14-30-17-10-9-16(5-2)22(12-17)28-13-18-19(25)7-6-8-20(18)27-23(28)29;1-2/h6-12H,4-5,13-14H2,1-3H3,(H,27,29);1-2H3/b21-15+,26-11?;. The maximum Gasteiger partial charge on any atom is 0.326 e. The van der Waals surface area contributed by atoms with E-state index in [2.05, 4.69) is 10.3 Å². The Morgan fingerprint density at radius 3 is 2.66 bits per heavy atom. The van der Waals surface area contributed by atoms with E-state index < -0.39 is 5.83 Å². The van der Waals surface area contributed by atoms with Gasteiger partial charge in [0, 0.05) is 17.8 Å². The van der Waals surface area contributed by atoms with Crippen molar-refractivity contribution in [2.45, 2.75) is 54.0 Å². The van der Waals surface area contributed by atoms with Gasteiger partial charge in [-0.15, -0.1) is 0 Å². The van der Waals surface area contributed by atoms with Gasteiger partial charge in [-0.25, -0.2) is 13.6 Å². The Balaban J connectivity index is 0.00000176. The molecule has 3 rings (SSSR count). The summed E-state index contributed by atoms with van der Waals surface area (Å²) in [4.78, 5) is 18.3. The maximum absolute atomic E-state index is 14.3. The van der Waals surface area contributed by atoms with Crippen LogP contribution in [0.1, 0.15) is 52.2 Å². The summed E-state index contributed by atoms with van der Waals surface area (Å²) < 4.78 is 33.7. The van der Waals surface area contributed by atoms with E-state index in [1.807, 2.05) is 33.8 Å². The van der Waals surface area contributed by atoms with Crippen LogP contribution in [-0.2, 0) is 13.0 Å². The highest BCUT2D eigenvalue weighted by Gasteiger charge is 2.27. The number of anilines is 2. The summed E-state index contributed by atoms with van der Waals surface area (Å²) >= 11 is 0. The van der Waals surface area contributed by atoms with E-state index in [9.17, 15) is 13.6 Å². The Morgan fingerprint density at radius 2 is 2.00 bits per heavy atom. The fraction of sp³-hybridized carbons (Fsp3) is 0.360. The number of benzene rings is 2. The Morgan fingerprint density at radius 1 is 1.25 bits per heavy atom. The lowest BCUT2D eigenvalue weighted by atomic mass is 10.1. The van der Waals surface area contributed by atoms with Crippen molar-refractivity contribution in [2.75, 3.05) is 16.8 Å². The van der Waals surface area contributed by atoms with Gasteiger partial charge >= 0.3 is 6.03 Å². The number of fused-ring (bicyclic) bond motifs is 1. The van der Waals surface area contributed by atoms with Crippen LogP contribution in [-0.4, -0.2) is 18.9 Å². The molecule has 0 radical (unpaired) electrons. The number of carbonyl (C=O) groups is 1. The quantitative estimate of drug-likeness (QED) is 0.467. The van der Waals surface area contributed by atoms with Crippen LogP contribution in [0.2, 0.25) is 0 Å². The summed E-state index contributed by atoms with van der Waals surface area (Å²) in [6.07, 6.45) is 2.99. The second-order valence-corrected chi connectivity index (χ2v) is 6.92. The molecule has 1 heterocycles. The molecule has 5 nitrogen and oxygen atoms in total. The molecule has 32 heavy (non-hydrogen) atoms. The number of allylic oxidation sites excluding steroid dienone is 1. The van der Waals surface area contributed by atoms with Gasteiger partial charge in [-0.2, -0.15) is 0 Å². The van der Waals surface area contributed by atoms with Crippen molar-refractivity contribution < 1.29 is 18.3 Å². The minimum Gasteiger partial charge on any atom is -0.487 e. The number of hydrogen-bond donors (Lipinski definition) is 1. The third-order valence-corrected chi connectivity index (χ3v) is 4.85. The lowest BCUT2D eigenvalue weighted by Gasteiger charge is -2.31. The van der Waals surface area contributed by atoms with E-state index >= 15 is 0 Å². The van der Waals surface area contributed by atoms with Crippen molar-refractivity contribution >= 4 is 23.6 Å². The molecule has 0 bridgehead atoms. The normalized spacial score (nSPS) is 13.7. The fourth-order valence-electron chi connectivity index (χ4n) is 3.21. The zero-order chi connectivity index (χ0) is 23.7. The minimum absolute atomic E-state index is 0.0343. The zero-order valence-electron chi connectivity index (χ0n) is 19.3. The average Bonchev–Trinajstić information content (AvgIpc) is 2.80. The summed E-state index contributed by atoms with van der Waals surface area (Å²) in [7, 11) is 0. The van der Waals surface area contributed by atoms with Crippen LogP contribution in [0.25, 0.3) is 0 Å². The third kappa shape index (κ3) is 5.93. The van der Waals surface area contributed by atoms with E-state index in [0.717, 1.165) is 5.56 Å². The predicted molar refractivity (Wildman–Crippen MR) is 127 cm³/mol. The van der Waals surface area contributed by atoms with Crippen molar-refractivity contribution in [3.8, 4) is 5.75 Å². The van der Waals surface area contributed by atoms with E-state index in [0.29, 0.717) is 35.5 Å². The molecular weight excluding hydrogens is 412 g/mol. The average molecular weight is 444 g/mol. The first-order chi connectivity index (χ1) is 15.4.